The minimum atomic E-state index is -0.509. The van der Waals surface area contributed by atoms with Gasteiger partial charge in [-0.25, -0.2) is 4.98 Å². The van der Waals surface area contributed by atoms with Crippen LogP contribution in [0.2, 0.25) is 0 Å². The van der Waals surface area contributed by atoms with Crippen LogP contribution in [0.25, 0.3) is 27.9 Å². The maximum Gasteiger partial charge on any atom is 0.300 e. The number of rotatable bonds is 1. The van der Waals surface area contributed by atoms with E-state index in [0.29, 0.717) is 16.5 Å². The van der Waals surface area contributed by atoms with Crippen LogP contribution in [0.3, 0.4) is 0 Å². The SMILES string of the molecule is Cc1ccc(-c2nn3c(=O)c4ccccc4nc3n(N)c2=O)cc1C. The lowest BCUT2D eigenvalue weighted by Crippen LogP contribution is -2.36. The van der Waals surface area contributed by atoms with Crippen molar-refractivity contribution in [3.63, 3.8) is 0 Å². The number of hydrogen-bond acceptors (Lipinski definition) is 5. The number of aryl methyl sites for hydroxylation is 2. The van der Waals surface area contributed by atoms with Crippen molar-refractivity contribution >= 4 is 16.7 Å². The third-order valence-electron chi connectivity index (χ3n) is 4.35. The Bertz CT molecular complexity index is 1270. The molecular weight excluding hydrogens is 318 g/mol. The zero-order valence-electron chi connectivity index (χ0n) is 13.7. The maximum absolute atomic E-state index is 12.7. The second-order valence-electron chi connectivity index (χ2n) is 5.97. The van der Waals surface area contributed by atoms with Crippen molar-refractivity contribution in [1.29, 1.82) is 0 Å². The smallest absolute Gasteiger partial charge is 0.300 e. The van der Waals surface area contributed by atoms with E-state index in [1.165, 1.54) is 0 Å². The fourth-order valence-electron chi connectivity index (χ4n) is 2.78. The summed E-state index contributed by atoms with van der Waals surface area (Å²) in [7, 11) is 0. The fourth-order valence-corrected chi connectivity index (χ4v) is 2.78. The van der Waals surface area contributed by atoms with Gasteiger partial charge in [-0.2, -0.15) is 14.3 Å². The van der Waals surface area contributed by atoms with Crippen molar-refractivity contribution in [2.75, 3.05) is 5.84 Å². The van der Waals surface area contributed by atoms with E-state index in [4.69, 9.17) is 5.84 Å². The van der Waals surface area contributed by atoms with Crippen LogP contribution in [0.4, 0.5) is 0 Å². The number of nitrogens with two attached hydrogens (primary N) is 1. The summed E-state index contributed by atoms with van der Waals surface area (Å²) in [5.41, 5.74) is 2.42. The Balaban J connectivity index is 2.14. The van der Waals surface area contributed by atoms with Crippen molar-refractivity contribution in [3.05, 3.63) is 74.3 Å². The van der Waals surface area contributed by atoms with Gasteiger partial charge in [-0.1, -0.05) is 24.3 Å². The van der Waals surface area contributed by atoms with Gasteiger partial charge in [0.25, 0.3) is 16.9 Å². The van der Waals surface area contributed by atoms with Crippen LogP contribution in [0.5, 0.6) is 0 Å². The molecule has 2 aromatic heterocycles. The predicted octanol–water partition coefficient (Wildman–Crippen LogP) is 1.40. The molecule has 0 bridgehead atoms. The van der Waals surface area contributed by atoms with Gasteiger partial charge in [0.05, 0.1) is 10.9 Å². The van der Waals surface area contributed by atoms with Gasteiger partial charge in [0, 0.05) is 5.56 Å². The molecule has 7 nitrogen and oxygen atoms in total. The minimum absolute atomic E-state index is 0.00119. The van der Waals surface area contributed by atoms with Gasteiger partial charge in [-0.05, 0) is 43.2 Å². The van der Waals surface area contributed by atoms with E-state index in [-0.39, 0.29) is 17.0 Å². The molecule has 124 valence electrons. The molecular formula is C18H15N5O2. The number of benzene rings is 2. The molecule has 0 saturated carbocycles. The number of fused-ring (bicyclic) bond motifs is 2. The largest absolute Gasteiger partial charge is 0.333 e. The molecule has 0 spiro atoms. The normalized spacial score (nSPS) is 11.3. The summed E-state index contributed by atoms with van der Waals surface area (Å²) in [4.78, 5) is 29.7. The quantitative estimate of drug-likeness (QED) is 0.420. The molecule has 2 heterocycles. The average molecular weight is 333 g/mol. The lowest BCUT2D eigenvalue weighted by Gasteiger charge is -2.10. The highest BCUT2D eigenvalue weighted by Gasteiger charge is 2.15. The van der Waals surface area contributed by atoms with Crippen molar-refractivity contribution in [3.8, 4) is 11.3 Å². The molecule has 0 fully saturated rings. The number of nitrogen functional groups attached to an aromatic ring is 1. The molecule has 0 radical (unpaired) electrons. The minimum Gasteiger partial charge on any atom is -0.333 e. The Labute approximate surface area is 141 Å². The first-order chi connectivity index (χ1) is 12.0. The van der Waals surface area contributed by atoms with Gasteiger partial charge in [0.1, 0.15) is 0 Å². The number of para-hydroxylation sites is 1. The van der Waals surface area contributed by atoms with E-state index in [2.05, 4.69) is 10.1 Å². The Morgan fingerprint density at radius 1 is 0.960 bits per heavy atom. The third-order valence-corrected chi connectivity index (χ3v) is 4.35. The monoisotopic (exact) mass is 333 g/mol. The lowest BCUT2D eigenvalue weighted by atomic mass is 10.0. The fraction of sp³-hybridized carbons (Fsp3) is 0.111. The first kappa shape index (κ1) is 15.1. The second kappa shape index (κ2) is 5.27. The highest BCUT2D eigenvalue weighted by molar-refractivity contribution is 5.79. The molecule has 4 aromatic rings. The van der Waals surface area contributed by atoms with Crippen molar-refractivity contribution < 1.29 is 0 Å². The van der Waals surface area contributed by atoms with Crippen molar-refractivity contribution in [1.82, 2.24) is 19.3 Å². The molecule has 0 aliphatic heterocycles. The zero-order valence-corrected chi connectivity index (χ0v) is 13.7. The van der Waals surface area contributed by atoms with Crippen molar-refractivity contribution in [2.24, 2.45) is 0 Å². The topological polar surface area (TPSA) is 95.3 Å². The molecule has 4 rings (SSSR count). The van der Waals surface area contributed by atoms with Crippen LogP contribution in [-0.4, -0.2) is 19.3 Å². The summed E-state index contributed by atoms with van der Waals surface area (Å²) in [6.07, 6.45) is 0. The maximum atomic E-state index is 12.7. The van der Waals surface area contributed by atoms with Crippen LogP contribution < -0.4 is 17.0 Å². The summed E-state index contributed by atoms with van der Waals surface area (Å²) in [5, 5.41) is 4.67. The first-order valence-electron chi connectivity index (χ1n) is 7.75. The highest BCUT2D eigenvalue weighted by atomic mass is 16.1. The van der Waals surface area contributed by atoms with E-state index in [1.807, 2.05) is 26.0 Å². The summed E-state index contributed by atoms with van der Waals surface area (Å²) in [6.45, 7) is 3.93. The third kappa shape index (κ3) is 2.20. The molecule has 2 aromatic carbocycles. The standard InChI is InChI=1S/C18H15N5O2/c1-10-7-8-12(9-11(10)2)15-17(25)22(19)18-20-14-6-4-3-5-13(14)16(24)23(18)21-15/h3-9H,19H2,1-2H3. The van der Waals surface area contributed by atoms with E-state index in [9.17, 15) is 9.59 Å². The Morgan fingerprint density at radius 2 is 1.72 bits per heavy atom. The molecule has 0 saturated heterocycles. The summed E-state index contributed by atoms with van der Waals surface area (Å²) < 4.78 is 1.94. The lowest BCUT2D eigenvalue weighted by molar-refractivity contribution is 0.783. The molecule has 0 aliphatic rings. The molecule has 0 unspecified atom stereocenters. The second-order valence-corrected chi connectivity index (χ2v) is 5.97. The molecule has 0 aliphatic carbocycles. The molecule has 0 atom stereocenters. The Morgan fingerprint density at radius 3 is 2.48 bits per heavy atom. The van der Waals surface area contributed by atoms with E-state index in [0.717, 1.165) is 20.3 Å². The van der Waals surface area contributed by atoms with Crippen LogP contribution in [-0.2, 0) is 0 Å². The number of aromatic nitrogens is 4. The number of hydrogen-bond donors (Lipinski definition) is 1. The molecule has 0 amide bonds. The molecule has 2 N–H and O–H groups in total. The molecule has 7 heteroatoms. The van der Waals surface area contributed by atoms with Crippen LogP contribution >= 0.6 is 0 Å². The highest BCUT2D eigenvalue weighted by Crippen LogP contribution is 2.17. The van der Waals surface area contributed by atoms with Gasteiger partial charge in [-0.3, -0.25) is 9.59 Å². The van der Waals surface area contributed by atoms with Crippen LogP contribution in [0.15, 0.2) is 52.1 Å². The van der Waals surface area contributed by atoms with Crippen LogP contribution in [0, 0.1) is 13.8 Å². The Kier molecular flexibility index (Phi) is 3.18. The van der Waals surface area contributed by atoms with E-state index >= 15 is 0 Å². The first-order valence-corrected chi connectivity index (χ1v) is 7.75. The van der Waals surface area contributed by atoms with E-state index in [1.54, 1.807) is 30.3 Å². The number of nitrogens with zero attached hydrogens (tertiary/aromatic N) is 4. The summed E-state index contributed by atoms with van der Waals surface area (Å²) in [6, 6.07) is 12.4. The summed E-state index contributed by atoms with van der Waals surface area (Å²) >= 11 is 0. The predicted molar refractivity (Wildman–Crippen MR) is 96.1 cm³/mol. The van der Waals surface area contributed by atoms with Gasteiger partial charge in [-0.15, -0.1) is 0 Å². The van der Waals surface area contributed by atoms with Gasteiger partial charge in [0.15, 0.2) is 5.69 Å². The van der Waals surface area contributed by atoms with Gasteiger partial charge >= 0.3 is 0 Å². The van der Waals surface area contributed by atoms with Crippen molar-refractivity contribution in [2.45, 2.75) is 13.8 Å². The Hall–Kier alpha value is -3.48. The average Bonchev–Trinajstić information content (AvgIpc) is 2.61. The van der Waals surface area contributed by atoms with Gasteiger partial charge in [0.2, 0.25) is 0 Å². The molecule has 25 heavy (non-hydrogen) atoms. The van der Waals surface area contributed by atoms with Gasteiger partial charge < -0.3 is 5.84 Å². The summed E-state index contributed by atoms with van der Waals surface area (Å²) in [5.74, 6) is 5.93. The van der Waals surface area contributed by atoms with E-state index < -0.39 is 5.56 Å². The van der Waals surface area contributed by atoms with Crippen LogP contribution in [0.1, 0.15) is 11.1 Å². The zero-order chi connectivity index (χ0) is 17.7.